The Morgan fingerprint density at radius 1 is 0.929 bits per heavy atom. The molecule has 0 saturated heterocycles. The van der Waals surface area contributed by atoms with Gasteiger partial charge in [0.15, 0.2) is 0 Å². The van der Waals surface area contributed by atoms with E-state index in [4.69, 9.17) is 10.00 Å². The summed E-state index contributed by atoms with van der Waals surface area (Å²) in [6.45, 7) is 1.96. The van der Waals surface area contributed by atoms with E-state index in [1.807, 2.05) is 31.2 Å². The first-order chi connectivity index (χ1) is 13.6. The second kappa shape index (κ2) is 8.65. The van der Waals surface area contributed by atoms with Crippen molar-refractivity contribution < 1.29 is 14.3 Å². The summed E-state index contributed by atoms with van der Waals surface area (Å²) in [6, 6.07) is 24.2. The molecule has 0 heterocycles. The molecule has 3 aromatic carbocycles. The molecule has 0 unspecified atom stereocenters. The zero-order valence-corrected chi connectivity index (χ0v) is 15.3. The largest absolute Gasteiger partial charge is 0.444 e. The molecule has 0 aromatic heterocycles. The number of esters is 1. The lowest BCUT2D eigenvalue weighted by Gasteiger charge is -2.18. The Hall–Kier alpha value is -3.91. The maximum absolute atomic E-state index is 12.8. The maximum atomic E-state index is 12.8. The normalized spacial score (nSPS) is 11.1. The van der Waals surface area contributed by atoms with Crippen LogP contribution in [0.4, 0.5) is 5.69 Å². The molecule has 5 heteroatoms. The van der Waals surface area contributed by atoms with Crippen LogP contribution in [0.5, 0.6) is 0 Å². The van der Waals surface area contributed by atoms with E-state index < -0.39 is 18.0 Å². The van der Waals surface area contributed by atoms with Crippen molar-refractivity contribution in [3.63, 3.8) is 0 Å². The minimum absolute atomic E-state index is 0.267. The van der Waals surface area contributed by atoms with Gasteiger partial charge in [-0.05, 0) is 43.3 Å². The number of carbonyl (C=O) groups is 2. The van der Waals surface area contributed by atoms with Crippen LogP contribution in [0, 0.1) is 18.3 Å². The van der Waals surface area contributed by atoms with E-state index in [1.54, 1.807) is 36.4 Å². The number of aryl methyl sites for hydroxylation is 1. The number of benzene rings is 3. The van der Waals surface area contributed by atoms with E-state index in [-0.39, 0.29) is 5.56 Å². The fraction of sp³-hybridized carbons (Fsp3) is 0.0870. The molecule has 0 aliphatic heterocycles. The van der Waals surface area contributed by atoms with Crippen LogP contribution < -0.4 is 5.32 Å². The smallest absolute Gasteiger partial charge is 0.339 e. The summed E-state index contributed by atoms with van der Waals surface area (Å²) in [5.41, 5.74) is 2.96. The summed E-state index contributed by atoms with van der Waals surface area (Å²) in [7, 11) is 0. The second-order valence-electron chi connectivity index (χ2n) is 6.24. The minimum Gasteiger partial charge on any atom is -0.444 e. The third-order valence-electron chi connectivity index (χ3n) is 4.13. The molecule has 3 aromatic rings. The fourth-order valence-corrected chi connectivity index (χ4v) is 2.60. The third kappa shape index (κ3) is 4.63. The predicted molar refractivity (Wildman–Crippen MR) is 106 cm³/mol. The topological polar surface area (TPSA) is 79.2 Å². The van der Waals surface area contributed by atoms with Gasteiger partial charge in [0.1, 0.15) is 0 Å². The Labute approximate surface area is 163 Å². The number of rotatable bonds is 5. The van der Waals surface area contributed by atoms with Gasteiger partial charge in [0.2, 0.25) is 6.10 Å². The molecule has 5 nitrogen and oxygen atoms in total. The zero-order chi connectivity index (χ0) is 19.9. The maximum Gasteiger partial charge on any atom is 0.339 e. The summed E-state index contributed by atoms with van der Waals surface area (Å²) in [4.78, 5) is 25.4. The van der Waals surface area contributed by atoms with Crippen molar-refractivity contribution in [3.05, 3.63) is 101 Å². The Kier molecular flexibility index (Phi) is 5.83. The quantitative estimate of drug-likeness (QED) is 0.675. The van der Waals surface area contributed by atoms with Gasteiger partial charge in [-0.2, -0.15) is 5.26 Å². The first kappa shape index (κ1) is 18.9. The highest BCUT2D eigenvalue weighted by Crippen LogP contribution is 2.22. The average molecular weight is 370 g/mol. The molecule has 3 rings (SSSR count). The SMILES string of the molecule is Cc1ccc(NC(=O)[C@H](OC(=O)c2ccc(C#N)cc2)c2ccccc2)cc1. The van der Waals surface area contributed by atoms with E-state index in [9.17, 15) is 9.59 Å². The van der Waals surface area contributed by atoms with Gasteiger partial charge in [0, 0.05) is 11.3 Å². The summed E-state index contributed by atoms with van der Waals surface area (Å²) in [5.74, 6) is -1.09. The third-order valence-corrected chi connectivity index (χ3v) is 4.13. The highest BCUT2D eigenvalue weighted by atomic mass is 16.5. The van der Waals surface area contributed by atoms with Gasteiger partial charge in [0.25, 0.3) is 5.91 Å². The van der Waals surface area contributed by atoms with E-state index in [0.29, 0.717) is 16.8 Å². The van der Waals surface area contributed by atoms with Gasteiger partial charge in [-0.15, -0.1) is 0 Å². The molecule has 0 aliphatic carbocycles. The Morgan fingerprint density at radius 3 is 2.18 bits per heavy atom. The lowest BCUT2D eigenvalue weighted by Crippen LogP contribution is -2.26. The number of carbonyl (C=O) groups excluding carboxylic acids is 2. The molecule has 0 saturated carbocycles. The number of ether oxygens (including phenoxy) is 1. The van der Waals surface area contributed by atoms with Crippen LogP contribution in [-0.2, 0) is 9.53 Å². The number of nitriles is 1. The van der Waals surface area contributed by atoms with Gasteiger partial charge in [-0.1, -0.05) is 48.0 Å². The highest BCUT2D eigenvalue weighted by molar-refractivity contribution is 5.98. The highest BCUT2D eigenvalue weighted by Gasteiger charge is 2.25. The van der Waals surface area contributed by atoms with E-state index in [0.717, 1.165) is 5.56 Å². The van der Waals surface area contributed by atoms with Crippen molar-refractivity contribution in [1.29, 1.82) is 5.26 Å². The summed E-state index contributed by atoms with van der Waals surface area (Å²) >= 11 is 0. The molecule has 0 spiro atoms. The Balaban J connectivity index is 1.82. The van der Waals surface area contributed by atoms with Crippen molar-refractivity contribution in [2.24, 2.45) is 0 Å². The van der Waals surface area contributed by atoms with Crippen molar-refractivity contribution >= 4 is 17.6 Å². The standard InChI is InChI=1S/C23H18N2O3/c1-16-7-13-20(14-8-16)25-22(26)21(18-5-3-2-4-6-18)28-23(27)19-11-9-17(15-24)10-12-19/h2-14,21H,1H3,(H,25,26)/t21-/m1/s1. The van der Waals surface area contributed by atoms with Crippen LogP contribution in [-0.4, -0.2) is 11.9 Å². The monoisotopic (exact) mass is 370 g/mol. The zero-order valence-electron chi connectivity index (χ0n) is 15.3. The van der Waals surface area contributed by atoms with E-state index in [2.05, 4.69) is 5.32 Å². The van der Waals surface area contributed by atoms with Gasteiger partial charge in [-0.3, -0.25) is 4.79 Å². The van der Waals surface area contributed by atoms with Gasteiger partial charge in [0.05, 0.1) is 17.2 Å². The average Bonchev–Trinajstić information content (AvgIpc) is 2.74. The predicted octanol–water partition coefficient (Wildman–Crippen LogP) is 4.40. The number of amides is 1. The molecule has 1 atom stereocenters. The number of hydrogen-bond donors (Lipinski definition) is 1. The lowest BCUT2D eigenvalue weighted by molar-refractivity contribution is -0.125. The molecule has 1 amide bonds. The molecule has 28 heavy (non-hydrogen) atoms. The van der Waals surface area contributed by atoms with Crippen LogP contribution in [0.3, 0.4) is 0 Å². The summed E-state index contributed by atoms with van der Waals surface area (Å²) in [6.07, 6.45) is -1.11. The first-order valence-corrected chi connectivity index (χ1v) is 8.70. The van der Waals surface area contributed by atoms with Crippen molar-refractivity contribution in [2.45, 2.75) is 13.0 Å². The van der Waals surface area contributed by atoms with E-state index in [1.165, 1.54) is 24.3 Å². The van der Waals surface area contributed by atoms with Crippen molar-refractivity contribution in [1.82, 2.24) is 0 Å². The fourth-order valence-electron chi connectivity index (χ4n) is 2.60. The van der Waals surface area contributed by atoms with Gasteiger partial charge < -0.3 is 10.1 Å². The van der Waals surface area contributed by atoms with Crippen molar-refractivity contribution in [3.8, 4) is 6.07 Å². The minimum atomic E-state index is -1.11. The molecule has 0 fully saturated rings. The number of hydrogen-bond acceptors (Lipinski definition) is 4. The van der Waals surface area contributed by atoms with E-state index >= 15 is 0 Å². The summed E-state index contributed by atoms with van der Waals surface area (Å²) in [5, 5.41) is 11.7. The Bertz CT molecular complexity index is 1000. The van der Waals surface area contributed by atoms with Crippen LogP contribution in [0.15, 0.2) is 78.9 Å². The molecule has 0 radical (unpaired) electrons. The van der Waals surface area contributed by atoms with Gasteiger partial charge >= 0.3 is 5.97 Å². The number of nitrogens with zero attached hydrogens (tertiary/aromatic N) is 1. The molecule has 0 aliphatic rings. The number of anilines is 1. The molecule has 1 N–H and O–H groups in total. The van der Waals surface area contributed by atoms with Crippen LogP contribution >= 0.6 is 0 Å². The van der Waals surface area contributed by atoms with Crippen LogP contribution in [0.25, 0.3) is 0 Å². The summed E-state index contributed by atoms with van der Waals surface area (Å²) < 4.78 is 5.52. The Morgan fingerprint density at radius 2 is 1.57 bits per heavy atom. The van der Waals surface area contributed by atoms with Crippen molar-refractivity contribution in [2.75, 3.05) is 5.32 Å². The number of nitrogens with one attached hydrogen (secondary N) is 1. The molecule has 138 valence electrons. The molecule has 0 bridgehead atoms. The lowest BCUT2D eigenvalue weighted by atomic mass is 10.1. The molecular formula is C23H18N2O3. The first-order valence-electron chi connectivity index (χ1n) is 8.70. The van der Waals surface area contributed by atoms with Crippen LogP contribution in [0.1, 0.15) is 33.2 Å². The second-order valence-corrected chi connectivity index (χ2v) is 6.24. The van der Waals surface area contributed by atoms with Gasteiger partial charge in [-0.25, -0.2) is 4.79 Å². The molecular weight excluding hydrogens is 352 g/mol. The van der Waals surface area contributed by atoms with Crippen LogP contribution in [0.2, 0.25) is 0 Å².